The second-order valence-electron chi connectivity index (χ2n) is 10.6. The van der Waals surface area contributed by atoms with Gasteiger partial charge in [0.1, 0.15) is 11.5 Å². The molecule has 4 aromatic rings. The van der Waals surface area contributed by atoms with E-state index < -0.39 is 23.9 Å². The molecule has 0 spiro atoms. The Morgan fingerprint density at radius 1 is 0.694 bits per heavy atom. The molecule has 0 unspecified atom stereocenters. The Labute approximate surface area is 284 Å². The minimum atomic E-state index is -0.637. The molecule has 49 heavy (non-hydrogen) atoms. The minimum Gasteiger partial charge on any atom is -0.493 e. The number of carbonyl (C=O) groups is 4. The molecule has 0 amide bonds. The molecule has 0 saturated heterocycles. The molecule has 0 fully saturated rings. The van der Waals surface area contributed by atoms with Gasteiger partial charge in [0.15, 0.2) is 11.5 Å². The first-order valence-electron chi connectivity index (χ1n) is 15.8. The Bertz CT molecular complexity index is 1810. The summed E-state index contributed by atoms with van der Waals surface area (Å²) in [4.78, 5) is 48.8. The quantitative estimate of drug-likeness (QED) is 0.0483. The summed E-state index contributed by atoms with van der Waals surface area (Å²) < 4.78 is 32.5. The average molecular weight is 667 g/mol. The second kappa shape index (κ2) is 18.4. The highest BCUT2D eigenvalue weighted by Gasteiger charge is 2.17. The number of unbranched alkanes of at least 4 members (excludes halogenated alkanes) is 3. The van der Waals surface area contributed by atoms with Gasteiger partial charge in [-0.2, -0.15) is 0 Å². The van der Waals surface area contributed by atoms with Crippen molar-refractivity contribution in [3.05, 3.63) is 114 Å². The maximum atomic E-state index is 13.2. The molecule has 0 bridgehead atoms. The highest BCUT2D eigenvalue weighted by atomic mass is 16.6. The zero-order valence-electron chi connectivity index (χ0n) is 27.5. The molecule has 0 aliphatic rings. The van der Waals surface area contributed by atoms with E-state index in [9.17, 15) is 19.2 Å². The molecule has 10 nitrogen and oxygen atoms in total. The topological polar surface area (TPSA) is 124 Å². The van der Waals surface area contributed by atoms with Crippen LogP contribution in [0.1, 0.15) is 58.9 Å². The number of rotatable bonds is 17. The average Bonchev–Trinajstić information content (AvgIpc) is 3.12. The van der Waals surface area contributed by atoms with Crippen LogP contribution < -0.4 is 18.9 Å². The lowest BCUT2D eigenvalue weighted by Gasteiger charge is -2.13. The van der Waals surface area contributed by atoms with E-state index >= 15 is 0 Å². The van der Waals surface area contributed by atoms with E-state index in [1.807, 2.05) is 24.3 Å². The van der Waals surface area contributed by atoms with Crippen LogP contribution in [0.15, 0.2) is 97.6 Å². The number of hydrogen-bond acceptors (Lipinski definition) is 10. The first-order valence-corrected chi connectivity index (χ1v) is 15.8. The highest BCUT2D eigenvalue weighted by Crippen LogP contribution is 2.31. The van der Waals surface area contributed by atoms with Gasteiger partial charge in [0.05, 0.1) is 38.1 Å². The van der Waals surface area contributed by atoms with Crippen LogP contribution in [0.3, 0.4) is 0 Å². The fourth-order valence-electron chi connectivity index (χ4n) is 4.75. The van der Waals surface area contributed by atoms with E-state index in [0.717, 1.165) is 37.1 Å². The summed E-state index contributed by atoms with van der Waals surface area (Å²) in [5, 5.41) is 1.47. The van der Waals surface area contributed by atoms with Crippen molar-refractivity contribution >= 4 is 40.7 Å². The molecule has 0 aliphatic carbocycles. The Hall–Kier alpha value is -5.90. The minimum absolute atomic E-state index is 0.194. The molecule has 10 heteroatoms. The number of carbonyl (C=O) groups excluding carboxylic acids is 4. The zero-order chi connectivity index (χ0) is 35.0. The van der Waals surface area contributed by atoms with E-state index in [0.29, 0.717) is 41.2 Å². The third kappa shape index (κ3) is 10.6. The molecular weight excluding hydrogens is 628 g/mol. The van der Waals surface area contributed by atoms with Gasteiger partial charge in [0.25, 0.3) is 0 Å². The summed E-state index contributed by atoms with van der Waals surface area (Å²) >= 11 is 0. The SMILES string of the molecule is C=CC(=O)OCCCCCCOc1ccc(C(=O)Oc2ccc(C(=O)Oc3ccc(/C=C/C(=O)OCC)cc3OC)cc2)c2ccccc12. The van der Waals surface area contributed by atoms with Gasteiger partial charge in [-0.3, -0.25) is 0 Å². The van der Waals surface area contributed by atoms with Crippen LogP contribution in [0.5, 0.6) is 23.0 Å². The number of hydrogen-bond donors (Lipinski definition) is 0. The third-order valence-electron chi connectivity index (χ3n) is 7.20. The summed E-state index contributed by atoms with van der Waals surface area (Å²) in [5.74, 6) is -0.671. The normalized spacial score (nSPS) is 10.7. The Morgan fingerprint density at radius 2 is 1.41 bits per heavy atom. The monoisotopic (exact) mass is 666 g/mol. The van der Waals surface area contributed by atoms with Gasteiger partial charge >= 0.3 is 23.9 Å². The van der Waals surface area contributed by atoms with E-state index in [4.69, 9.17) is 28.4 Å². The molecule has 0 saturated carbocycles. The third-order valence-corrected chi connectivity index (χ3v) is 7.20. The van der Waals surface area contributed by atoms with Gasteiger partial charge in [-0.1, -0.05) is 36.9 Å². The lowest BCUT2D eigenvalue weighted by atomic mass is 10.0. The van der Waals surface area contributed by atoms with E-state index in [-0.39, 0.29) is 23.7 Å². The highest BCUT2D eigenvalue weighted by molar-refractivity contribution is 6.07. The Kier molecular flexibility index (Phi) is 13.5. The summed E-state index contributed by atoms with van der Waals surface area (Å²) in [7, 11) is 1.44. The van der Waals surface area contributed by atoms with Gasteiger partial charge in [-0.05, 0) is 98.2 Å². The van der Waals surface area contributed by atoms with Crippen LogP contribution in [0.2, 0.25) is 0 Å². The molecule has 254 valence electrons. The smallest absolute Gasteiger partial charge is 0.344 e. The summed E-state index contributed by atoms with van der Waals surface area (Å²) in [6.07, 6.45) is 7.44. The van der Waals surface area contributed by atoms with Crippen molar-refractivity contribution in [1.29, 1.82) is 0 Å². The van der Waals surface area contributed by atoms with Gasteiger partial charge in [0, 0.05) is 17.5 Å². The fraction of sp³-hybridized carbons (Fsp3) is 0.231. The van der Waals surface area contributed by atoms with Crippen molar-refractivity contribution < 1.29 is 47.6 Å². The van der Waals surface area contributed by atoms with Crippen molar-refractivity contribution in [2.45, 2.75) is 32.6 Å². The molecule has 0 N–H and O–H groups in total. The van der Waals surface area contributed by atoms with Crippen LogP contribution >= 0.6 is 0 Å². The summed E-state index contributed by atoms with van der Waals surface area (Å²) in [6.45, 7) is 6.24. The standard InChI is InChI=1S/C39H38O10/c1-4-36(40)47-25-11-7-6-10-24-46-33-22-20-32(30-12-8-9-13-31(30)33)39(43)48-29-18-16-28(17-19-29)38(42)49-34-21-14-27(26-35(34)44-3)15-23-37(41)45-5-2/h4,8-9,12-23,26H,1,5-7,10-11,24-25H2,2-3H3/b23-15+. The largest absolute Gasteiger partial charge is 0.493 e. The number of methoxy groups -OCH3 is 1. The predicted molar refractivity (Wildman–Crippen MR) is 184 cm³/mol. The molecule has 0 aliphatic heterocycles. The van der Waals surface area contributed by atoms with Crippen molar-refractivity contribution in [3.63, 3.8) is 0 Å². The summed E-state index contributed by atoms with van der Waals surface area (Å²) in [6, 6.07) is 21.7. The van der Waals surface area contributed by atoms with Gasteiger partial charge in [-0.25, -0.2) is 19.2 Å². The number of fused-ring (bicyclic) bond motifs is 1. The number of esters is 4. The van der Waals surface area contributed by atoms with Crippen molar-refractivity contribution in [3.8, 4) is 23.0 Å². The molecule has 4 rings (SSSR count). The molecular formula is C39H38O10. The molecule has 4 aromatic carbocycles. The second-order valence-corrected chi connectivity index (χ2v) is 10.6. The van der Waals surface area contributed by atoms with E-state index in [1.165, 1.54) is 37.5 Å². The van der Waals surface area contributed by atoms with Crippen molar-refractivity contribution in [2.24, 2.45) is 0 Å². The maximum Gasteiger partial charge on any atom is 0.344 e. The lowest BCUT2D eigenvalue weighted by molar-refractivity contribution is -0.138. The zero-order valence-corrected chi connectivity index (χ0v) is 27.5. The van der Waals surface area contributed by atoms with Crippen LogP contribution in [0.4, 0.5) is 0 Å². The van der Waals surface area contributed by atoms with Gasteiger partial charge in [-0.15, -0.1) is 0 Å². The lowest BCUT2D eigenvalue weighted by Crippen LogP contribution is -2.11. The van der Waals surface area contributed by atoms with Crippen molar-refractivity contribution in [2.75, 3.05) is 26.9 Å². The molecule has 0 heterocycles. The van der Waals surface area contributed by atoms with Crippen LogP contribution in [0.25, 0.3) is 16.8 Å². The fourth-order valence-corrected chi connectivity index (χ4v) is 4.75. The van der Waals surface area contributed by atoms with Crippen LogP contribution in [-0.2, 0) is 19.1 Å². The first-order chi connectivity index (χ1) is 23.8. The predicted octanol–water partition coefficient (Wildman–Crippen LogP) is 7.53. The summed E-state index contributed by atoms with van der Waals surface area (Å²) in [5.41, 5.74) is 1.25. The molecule has 0 aromatic heterocycles. The van der Waals surface area contributed by atoms with Crippen LogP contribution in [0, 0.1) is 0 Å². The number of ether oxygens (including phenoxy) is 6. The van der Waals surface area contributed by atoms with Gasteiger partial charge in [0.2, 0.25) is 0 Å². The maximum absolute atomic E-state index is 13.2. The Morgan fingerprint density at radius 3 is 2.12 bits per heavy atom. The first kappa shape index (κ1) is 35.9. The van der Waals surface area contributed by atoms with E-state index in [2.05, 4.69) is 6.58 Å². The van der Waals surface area contributed by atoms with E-state index in [1.54, 1.807) is 43.3 Å². The number of benzene rings is 4. The molecule has 0 atom stereocenters. The van der Waals surface area contributed by atoms with Crippen molar-refractivity contribution in [1.82, 2.24) is 0 Å². The Balaban J connectivity index is 1.33. The molecule has 0 radical (unpaired) electrons. The van der Waals surface area contributed by atoms with Crippen LogP contribution in [-0.4, -0.2) is 50.8 Å². The van der Waals surface area contributed by atoms with Gasteiger partial charge < -0.3 is 28.4 Å².